The van der Waals surface area contributed by atoms with Crippen molar-refractivity contribution < 1.29 is 4.74 Å². The number of aromatic nitrogens is 3. The molecule has 5 nitrogen and oxygen atoms in total. The number of nitrogens with zero attached hydrogens (tertiary/aromatic N) is 3. The first-order chi connectivity index (χ1) is 9.74. The summed E-state index contributed by atoms with van der Waals surface area (Å²) in [7, 11) is 4.07. The van der Waals surface area contributed by atoms with E-state index in [4.69, 9.17) is 4.74 Å². The van der Waals surface area contributed by atoms with Crippen LogP contribution in [0, 0.1) is 0 Å². The molecule has 2 atom stereocenters. The van der Waals surface area contributed by atoms with Gasteiger partial charge in [0.15, 0.2) is 0 Å². The molecule has 3 rings (SSSR count). The zero-order valence-electron chi connectivity index (χ0n) is 12.1. The van der Waals surface area contributed by atoms with E-state index in [0.29, 0.717) is 6.04 Å². The molecule has 2 aromatic heterocycles. The molecule has 1 fully saturated rings. The maximum atomic E-state index is 5.96. The zero-order chi connectivity index (χ0) is 13.9. The molecule has 0 unspecified atom stereocenters. The zero-order valence-corrected chi connectivity index (χ0v) is 12.1. The molecule has 1 saturated heterocycles. The topological polar surface area (TPSA) is 44.0 Å². The van der Waals surface area contributed by atoms with Crippen molar-refractivity contribution in [3.63, 3.8) is 0 Å². The van der Waals surface area contributed by atoms with Crippen molar-refractivity contribution in [3.8, 4) is 0 Å². The molecule has 5 heteroatoms. The lowest BCUT2D eigenvalue weighted by Crippen LogP contribution is -2.40. The van der Waals surface area contributed by atoms with Gasteiger partial charge in [0.2, 0.25) is 0 Å². The van der Waals surface area contributed by atoms with Crippen LogP contribution >= 0.6 is 0 Å². The molecule has 0 aliphatic carbocycles. The second-order valence-corrected chi connectivity index (χ2v) is 5.50. The largest absolute Gasteiger partial charge is 0.369 e. The van der Waals surface area contributed by atoms with E-state index in [1.807, 2.05) is 31.1 Å². The van der Waals surface area contributed by atoms with Gasteiger partial charge >= 0.3 is 0 Å². The van der Waals surface area contributed by atoms with Crippen LogP contribution in [0.1, 0.15) is 30.3 Å². The lowest BCUT2D eigenvalue weighted by Gasteiger charge is -2.32. The first-order valence-electron chi connectivity index (χ1n) is 7.17. The van der Waals surface area contributed by atoms with Gasteiger partial charge in [0, 0.05) is 58.1 Å². The van der Waals surface area contributed by atoms with Crippen LogP contribution in [-0.2, 0) is 25.4 Å². The monoisotopic (exact) mass is 274 g/mol. The van der Waals surface area contributed by atoms with Gasteiger partial charge in [-0.15, -0.1) is 0 Å². The Labute approximate surface area is 119 Å². The number of aryl methyl sites for hydroxylation is 2. The predicted molar refractivity (Wildman–Crippen MR) is 77.2 cm³/mol. The summed E-state index contributed by atoms with van der Waals surface area (Å²) < 4.78 is 10.1. The van der Waals surface area contributed by atoms with Crippen molar-refractivity contribution in [1.82, 2.24) is 19.4 Å². The lowest BCUT2D eigenvalue weighted by atomic mass is 10.0. The fourth-order valence-corrected chi connectivity index (χ4v) is 2.81. The Kier molecular flexibility index (Phi) is 3.89. The number of hydrogen-bond acceptors (Lipinski definition) is 3. The molecule has 0 radical (unpaired) electrons. The molecule has 1 aliphatic heterocycles. The standard InChI is InChI=1S/C15H22N4O/c1-18-7-5-12(11-18)10-17-13-4-3-9-20-14(13)15-16-6-8-19(15)2/h5-8,11,13-14,17H,3-4,9-10H2,1-2H3/t13-,14-/m0/s1. The highest BCUT2D eigenvalue weighted by Crippen LogP contribution is 2.27. The van der Waals surface area contributed by atoms with Crippen LogP contribution < -0.4 is 5.32 Å². The lowest BCUT2D eigenvalue weighted by molar-refractivity contribution is -0.0178. The predicted octanol–water partition coefficient (Wildman–Crippen LogP) is 1.77. The third kappa shape index (κ3) is 2.78. The highest BCUT2D eigenvalue weighted by molar-refractivity contribution is 5.10. The Hall–Kier alpha value is -1.59. The molecule has 0 saturated carbocycles. The van der Waals surface area contributed by atoms with E-state index >= 15 is 0 Å². The summed E-state index contributed by atoms with van der Waals surface area (Å²) in [5.74, 6) is 1.01. The van der Waals surface area contributed by atoms with Gasteiger partial charge in [0.25, 0.3) is 0 Å². The molecular formula is C15H22N4O. The molecule has 108 valence electrons. The molecule has 1 N–H and O–H groups in total. The van der Waals surface area contributed by atoms with E-state index in [-0.39, 0.29) is 6.10 Å². The van der Waals surface area contributed by atoms with Crippen LogP contribution in [0.15, 0.2) is 30.9 Å². The van der Waals surface area contributed by atoms with Crippen LogP contribution in [0.5, 0.6) is 0 Å². The van der Waals surface area contributed by atoms with E-state index in [0.717, 1.165) is 31.8 Å². The molecule has 0 bridgehead atoms. The minimum absolute atomic E-state index is 0.0486. The van der Waals surface area contributed by atoms with E-state index in [9.17, 15) is 0 Å². The maximum absolute atomic E-state index is 5.96. The number of imidazole rings is 1. The SMILES string of the molecule is Cn1ccc(CN[C@H]2CCCO[C@@H]2c2nccn2C)c1. The minimum Gasteiger partial charge on any atom is -0.369 e. The van der Waals surface area contributed by atoms with Crippen LogP contribution in [0.25, 0.3) is 0 Å². The van der Waals surface area contributed by atoms with Crippen molar-refractivity contribution in [1.29, 1.82) is 0 Å². The van der Waals surface area contributed by atoms with E-state index in [1.54, 1.807) is 0 Å². The normalized spacial score (nSPS) is 23.1. The van der Waals surface area contributed by atoms with Gasteiger partial charge in [0.05, 0.1) is 0 Å². The minimum atomic E-state index is 0.0486. The second-order valence-electron chi connectivity index (χ2n) is 5.50. The summed E-state index contributed by atoms with van der Waals surface area (Å²) in [6, 6.07) is 2.47. The average molecular weight is 274 g/mol. The van der Waals surface area contributed by atoms with Gasteiger partial charge in [-0.1, -0.05) is 0 Å². The number of hydrogen-bond donors (Lipinski definition) is 1. The highest BCUT2D eigenvalue weighted by atomic mass is 16.5. The third-order valence-corrected chi connectivity index (χ3v) is 3.90. The number of rotatable bonds is 4. The van der Waals surface area contributed by atoms with Crippen molar-refractivity contribution in [2.75, 3.05) is 6.61 Å². The highest BCUT2D eigenvalue weighted by Gasteiger charge is 2.29. The van der Waals surface area contributed by atoms with E-state index < -0.39 is 0 Å². The summed E-state index contributed by atoms with van der Waals surface area (Å²) in [5.41, 5.74) is 1.30. The Morgan fingerprint density at radius 3 is 3.00 bits per heavy atom. The molecule has 2 aromatic rings. The fraction of sp³-hybridized carbons (Fsp3) is 0.533. The summed E-state index contributed by atoms with van der Waals surface area (Å²) in [4.78, 5) is 4.44. The van der Waals surface area contributed by atoms with Crippen LogP contribution in [0.4, 0.5) is 0 Å². The smallest absolute Gasteiger partial charge is 0.139 e. The van der Waals surface area contributed by atoms with Gasteiger partial charge in [-0.05, 0) is 24.5 Å². The maximum Gasteiger partial charge on any atom is 0.139 e. The van der Waals surface area contributed by atoms with Crippen molar-refractivity contribution >= 4 is 0 Å². The van der Waals surface area contributed by atoms with Gasteiger partial charge in [0.1, 0.15) is 11.9 Å². The molecular weight excluding hydrogens is 252 g/mol. The molecule has 0 spiro atoms. The average Bonchev–Trinajstić information content (AvgIpc) is 3.05. The van der Waals surface area contributed by atoms with Crippen molar-refractivity contribution in [3.05, 3.63) is 42.2 Å². The van der Waals surface area contributed by atoms with Crippen LogP contribution in [-0.4, -0.2) is 26.8 Å². The molecule has 3 heterocycles. The summed E-state index contributed by atoms with van der Waals surface area (Å²) in [5, 5.41) is 3.63. The Morgan fingerprint density at radius 2 is 2.30 bits per heavy atom. The van der Waals surface area contributed by atoms with Gasteiger partial charge in [-0.3, -0.25) is 0 Å². The van der Waals surface area contributed by atoms with Crippen LogP contribution in [0.3, 0.4) is 0 Å². The first-order valence-corrected chi connectivity index (χ1v) is 7.17. The van der Waals surface area contributed by atoms with Crippen molar-refractivity contribution in [2.24, 2.45) is 14.1 Å². The summed E-state index contributed by atoms with van der Waals surface area (Å²) >= 11 is 0. The van der Waals surface area contributed by atoms with Gasteiger partial charge in [-0.2, -0.15) is 0 Å². The van der Waals surface area contributed by atoms with E-state index in [2.05, 4.69) is 33.3 Å². The Balaban J connectivity index is 1.68. The molecule has 0 aromatic carbocycles. The molecule has 0 amide bonds. The Morgan fingerprint density at radius 1 is 1.40 bits per heavy atom. The Bertz CT molecular complexity index is 560. The van der Waals surface area contributed by atoms with Gasteiger partial charge in [-0.25, -0.2) is 4.98 Å². The third-order valence-electron chi connectivity index (χ3n) is 3.90. The first kappa shape index (κ1) is 13.4. The molecule has 1 aliphatic rings. The van der Waals surface area contributed by atoms with E-state index in [1.165, 1.54) is 5.56 Å². The molecule has 20 heavy (non-hydrogen) atoms. The summed E-state index contributed by atoms with van der Waals surface area (Å²) in [6.07, 6.45) is 10.3. The quantitative estimate of drug-likeness (QED) is 0.924. The van der Waals surface area contributed by atoms with Gasteiger partial charge < -0.3 is 19.2 Å². The second kappa shape index (κ2) is 5.81. The number of nitrogens with one attached hydrogen (secondary N) is 1. The summed E-state index contributed by atoms with van der Waals surface area (Å²) in [6.45, 7) is 1.69. The van der Waals surface area contributed by atoms with Crippen LogP contribution in [0.2, 0.25) is 0 Å². The van der Waals surface area contributed by atoms with Crippen molar-refractivity contribution in [2.45, 2.75) is 31.5 Å². The number of ether oxygens (including phenoxy) is 1. The fourth-order valence-electron chi connectivity index (χ4n) is 2.81.